The Hall–Kier alpha value is -2.09. The fourth-order valence-electron chi connectivity index (χ4n) is 3.22. The number of anilines is 1. The molecule has 2 heterocycles. The van der Waals surface area contributed by atoms with Crippen LogP contribution >= 0.6 is 23.2 Å². The molecule has 0 saturated carbocycles. The Morgan fingerprint density at radius 1 is 1.31 bits per heavy atom. The fourth-order valence-corrected chi connectivity index (χ4v) is 3.53. The number of carbonyl (C=O) groups is 1. The van der Waals surface area contributed by atoms with E-state index in [1.54, 1.807) is 23.1 Å². The van der Waals surface area contributed by atoms with Gasteiger partial charge in [-0.15, -0.1) is 0 Å². The van der Waals surface area contributed by atoms with Gasteiger partial charge in [0, 0.05) is 25.4 Å². The zero-order valence-electron chi connectivity index (χ0n) is 16.5. The lowest BCUT2D eigenvalue weighted by atomic mass is 10.0. The summed E-state index contributed by atoms with van der Waals surface area (Å²) in [6.07, 6.45) is 2.90. The number of nitrogens with zero attached hydrogens (tertiary/aromatic N) is 3. The summed E-state index contributed by atoms with van der Waals surface area (Å²) in [6, 6.07) is 4.85. The van der Waals surface area contributed by atoms with Crippen molar-refractivity contribution in [3.63, 3.8) is 0 Å². The minimum absolute atomic E-state index is 0.0640. The Morgan fingerprint density at radius 3 is 2.79 bits per heavy atom. The molecular weight excluding hydrogens is 413 g/mol. The lowest BCUT2D eigenvalue weighted by Gasteiger charge is -2.30. The van der Waals surface area contributed by atoms with Crippen molar-refractivity contribution in [1.29, 1.82) is 0 Å². The number of aromatic nitrogens is 2. The molecule has 1 atom stereocenters. The summed E-state index contributed by atoms with van der Waals surface area (Å²) in [4.78, 5) is 23.5. The van der Waals surface area contributed by atoms with Crippen LogP contribution in [0.4, 0.5) is 10.7 Å². The minimum atomic E-state index is -0.368. The van der Waals surface area contributed by atoms with Crippen molar-refractivity contribution in [3.05, 3.63) is 51.3 Å². The predicted molar refractivity (Wildman–Crippen MR) is 114 cm³/mol. The Kier molecular flexibility index (Phi) is 7.16. The highest BCUT2D eigenvalue weighted by atomic mass is 35.5. The van der Waals surface area contributed by atoms with Crippen molar-refractivity contribution >= 4 is 35.2 Å². The highest BCUT2D eigenvalue weighted by Crippen LogP contribution is 2.27. The summed E-state index contributed by atoms with van der Waals surface area (Å²) < 4.78 is 0. The minimum Gasteiger partial charge on any atom is -0.396 e. The Balaban J connectivity index is 1.71. The van der Waals surface area contributed by atoms with Gasteiger partial charge in [0.05, 0.1) is 28.3 Å². The summed E-state index contributed by atoms with van der Waals surface area (Å²) >= 11 is 12.1. The van der Waals surface area contributed by atoms with Gasteiger partial charge in [0.2, 0.25) is 5.95 Å². The first-order chi connectivity index (χ1) is 13.9. The molecule has 0 spiro atoms. The third-order valence-electron chi connectivity index (χ3n) is 4.71. The van der Waals surface area contributed by atoms with E-state index in [1.165, 1.54) is 0 Å². The summed E-state index contributed by atoms with van der Waals surface area (Å²) in [5.41, 5.74) is 2.70. The molecular formula is C20H25Cl2N5O2. The van der Waals surface area contributed by atoms with E-state index in [1.807, 2.05) is 20.0 Å². The normalized spacial score (nSPS) is 14.5. The number of nitrogens with one attached hydrogen (secondary N) is 2. The van der Waals surface area contributed by atoms with Crippen LogP contribution in [0.1, 0.15) is 43.1 Å². The molecule has 1 unspecified atom stereocenters. The number of amides is 2. The number of benzene rings is 1. The number of hydrogen-bond donors (Lipinski definition) is 3. The first kappa shape index (κ1) is 21.6. The third kappa shape index (κ3) is 5.50. The molecule has 0 fully saturated rings. The van der Waals surface area contributed by atoms with Gasteiger partial charge in [0.1, 0.15) is 0 Å². The third-order valence-corrected chi connectivity index (χ3v) is 5.45. The van der Waals surface area contributed by atoms with E-state index in [9.17, 15) is 9.90 Å². The molecule has 1 aliphatic rings. The number of hydrogen-bond acceptors (Lipinski definition) is 5. The molecule has 3 rings (SSSR count). The standard InChI is InChI=1S/C20H25Cl2N5O2/c1-12(2)24-19-23-10-14-5-7-27(11-18(14)25-19)20(29)26-17(6-8-28)13-3-4-15(21)16(22)9-13/h3-4,9-10,12,17,28H,5-8,11H2,1-2H3,(H,26,29)(H,23,24,25). The molecule has 0 radical (unpaired) electrons. The number of carbonyl (C=O) groups excluding carboxylic acids is 1. The maximum Gasteiger partial charge on any atom is 0.318 e. The van der Waals surface area contributed by atoms with Crippen LogP contribution in [0.3, 0.4) is 0 Å². The van der Waals surface area contributed by atoms with Crippen molar-refractivity contribution in [2.24, 2.45) is 0 Å². The van der Waals surface area contributed by atoms with Crippen LogP contribution in [0.2, 0.25) is 10.0 Å². The quantitative estimate of drug-likeness (QED) is 0.639. The molecule has 2 amide bonds. The van der Waals surface area contributed by atoms with Gasteiger partial charge in [-0.2, -0.15) is 0 Å². The highest BCUT2D eigenvalue weighted by molar-refractivity contribution is 6.42. The average molecular weight is 438 g/mol. The van der Waals surface area contributed by atoms with Crippen molar-refractivity contribution in [1.82, 2.24) is 20.2 Å². The largest absolute Gasteiger partial charge is 0.396 e. The molecule has 1 aliphatic heterocycles. The summed E-state index contributed by atoms with van der Waals surface area (Å²) in [7, 11) is 0. The number of halogens is 2. The molecule has 1 aromatic heterocycles. The maximum atomic E-state index is 12.9. The number of urea groups is 1. The molecule has 156 valence electrons. The first-order valence-electron chi connectivity index (χ1n) is 9.60. The van der Waals surface area contributed by atoms with E-state index in [2.05, 4.69) is 20.6 Å². The molecule has 29 heavy (non-hydrogen) atoms. The second-order valence-corrected chi connectivity index (χ2v) is 8.14. The smallest absolute Gasteiger partial charge is 0.318 e. The van der Waals surface area contributed by atoms with Crippen LogP contribution in [0, 0.1) is 0 Å². The Morgan fingerprint density at radius 2 is 2.10 bits per heavy atom. The van der Waals surface area contributed by atoms with E-state index >= 15 is 0 Å². The monoisotopic (exact) mass is 437 g/mol. The SMILES string of the molecule is CC(C)Nc1ncc2c(n1)CN(C(=O)NC(CCO)c1ccc(Cl)c(Cl)c1)CC2. The van der Waals surface area contributed by atoms with Gasteiger partial charge in [-0.3, -0.25) is 0 Å². The van der Waals surface area contributed by atoms with Crippen molar-refractivity contribution in [3.8, 4) is 0 Å². The molecule has 2 aromatic rings. The fraction of sp³-hybridized carbons (Fsp3) is 0.450. The number of aliphatic hydroxyl groups excluding tert-OH is 1. The van der Waals surface area contributed by atoms with Crippen LogP contribution in [-0.4, -0.2) is 45.2 Å². The van der Waals surface area contributed by atoms with Gasteiger partial charge < -0.3 is 20.6 Å². The lowest BCUT2D eigenvalue weighted by molar-refractivity contribution is 0.183. The van der Waals surface area contributed by atoms with Crippen LogP contribution in [0.25, 0.3) is 0 Å². The first-order valence-corrected chi connectivity index (χ1v) is 10.4. The van der Waals surface area contributed by atoms with Crippen molar-refractivity contribution < 1.29 is 9.90 Å². The zero-order chi connectivity index (χ0) is 21.0. The molecule has 7 nitrogen and oxygen atoms in total. The van der Waals surface area contributed by atoms with Crippen LogP contribution in [-0.2, 0) is 13.0 Å². The van der Waals surface area contributed by atoms with Crippen LogP contribution < -0.4 is 10.6 Å². The lowest BCUT2D eigenvalue weighted by Crippen LogP contribution is -2.44. The second-order valence-electron chi connectivity index (χ2n) is 7.32. The van der Waals surface area contributed by atoms with Gasteiger partial charge >= 0.3 is 6.03 Å². The van der Waals surface area contributed by atoms with Gasteiger partial charge in [-0.25, -0.2) is 14.8 Å². The average Bonchev–Trinajstić information content (AvgIpc) is 2.68. The zero-order valence-corrected chi connectivity index (χ0v) is 18.0. The Labute approximate surface area is 180 Å². The van der Waals surface area contributed by atoms with E-state index in [0.717, 1.165) is 16.8 Å². The van der Waals surface area contributed by atoms with E-state index in [-0.39, 0.29) is 24.7 Å². The number of aliphatic hydroxyl groups is 1. The van der Waals surface area contributed by atoms with Gasteiger partial charge in [0.15, 0.2) is 0 Å². The van der Waals surface area contributed by atoms with Gasteiger partial charge in [-0.05, 0) is 49.9 Å². The van der Waals surface area contributed by atoms with Gasteiger partial charge in [0.25, 0.3) is 0 Å². The molecule has 0 saturated heterocycles. The highest BCUT2D eigenvalue weighted by Gasteiger charge is 2.25. The van der Waals surface area contributed by atoms with Crippen LogP contribution in [0.5, 0.6) is 0 Å². The molecule has 9 heteroatoms. The molecule has 0 bridgehead atoms. The summed E-state index contributed by atoms with van der Waals surface area (Å²) in [5.74, 6) is 0.565. The number of rotatable bonds is 6. The van der Waals surface area contributed by atoms with Gasteiger partial charge in [-0.1, -0.05) is 29.3 Å². The van der Waals surface area contributed by atoms with Crippen molar-refractivity contribution in [2.75, 3.05) is 18.5 Å². The van der Waals surface area contributed by atoms with Crippen LogP contribution in [0.15, 0.2) is 24.4 Å². The van der Waals surface area contributed by atoms with E-state index < -0.39 is 0 Å². The molecule has 1 aromatic carbocycles. The predicted octanol–water partition coefficient (Wildman–Crippen LogP) is 3.80. The maximum absolute atomic E-state index is 12.9. The summed E-state index contributed by atoms with van der Waals surface area (Å²) in [5, 5.41) is 16.5. The second kappa shape index (κ2) is 9.61. The van der Waals surface area contributed by atoms with E-state index in [4.69, 9.17) is 23.2 Å². The van der Waals surface area contributed by atoms with Crippen molar-refractivity contribution in [2.45, 2.75) is 45.3 Å². The molecule has 3 N–H and O–H groups in total. The Bertz CT molecular complexity index is 878. The summed E-state index contributed by atoms with van der Waals surface area (Å²) in [6.45, 7) is 4.96. The van der Waals surface area contributed by atoms with E-state index in [0.29, 0.717) is 41.9 Å². The number of fused-ring (bicyclic) bond motifs is 1. The topological polar surface area (TPSA) is 90.4 Å². The molecule has 0 aliphatic carbocycles.